The van der Waals surface area contributed by atoms with Crippen LogP contribution in [-0.2, 0) is 4.79 Å². The van der Waals surface area contributed by atoms with E-state index in [4.69, 9.17) is 4.99 Å². The Morgan fingerprint density at radius 1 is 1.06 bits per heavy atom. The second-order valence-electron chi connectivity index (χ2n) is 8.02. The Bertz CT molecular complexity index is 678. The van der Waals surface area contributed by atoms with E-state index in [0.717, 1.165) is 51.8 Å². The summed E-state index contributed by atoms with van der Waals surface area (Å²) in [5, 5.41) is 6.65. The average molecular weight is 543 g/mol. The molecule has 8 heteroatoms. The van der Waals surface area contributed by atoms with E-state index in [-0.39, 0.29) is 29.9 Å². The second kappa shape index (κ2) is 13.8. The van der Waals surface area contributed by atoms with Crippen LogP contribution in [0.3, 0.4) is 0 Å². The van der Waals surface area contributed by atoms with Gasteiger partial charge < -0.3 is 20.4 Å². The fourth-order valence-electron chi connectivity index (χ4n) is 4.36. The number of amides is 1. The van der Waals surface area contributed by atoms with Gasteiger partial charge in [-0.3, -0.25) is 14.7 Å². The van der Waals surface area contributed by atoms with Crippen LogP contribution in [0, 0.1) is 0 Å². The third kappa shape index (κ3) is 7.82. The van der Waals surface area contributed by atoms with Gasteiger partial charge in [0.05, 0.1) is 6.54 Å². The van der Waals surface area contributed by atoms with Crippen LogP contribution in [0.25, 0.3) is 0 Å². The first-order valence-electron chi connectivity index (χ1n) is 11.5. The molecular weight excluding hydrogens is 503 g/mol. The van der Waals surface area contributed by atoms with Crippen molar-refractivity contribution in [3.8, 4) is 0 Å². The lowest BCUT2D eigenvalue weighted by molar-refractivity contribution is -0.131. The summed E-state index contributed by atoms with van der Waals surface area (Å²) in [6.45, 7) is 12.2. The number of hydrogen-bond acceptors (Lipinski definition) is 4. The number of likely N-dealkylation sites (N-methyl/N-ethyl adjacent to an activating group) is 1. The van der Waals surface area contributed by atoms with Gasteiger partial charge in [0.25, 0.3) is 0 Å². The van der Waals surface area contributed by atoms with Crippen molar-refractivity contribution >= 4 is 41.5 Å². The van der Waals surface area contributed by atoms with Crippen molar-refractivity contribution in [2.24, 2.45) is 4.99 Å². The number of likely N-dealkylation sites (tertiary alicyclic amines) is 1. The van der Waals surface area contributed by atoms with Gasteiger partial charge in [-0.15, -0.1) is 24.0 Å². The van der Waals surface area contributed by atoms with Gasteiger partial charge in [-0.2, -0.15) is 0 Å². The molecule has 1 aromatic carbocycles. The van der Waals surface area contributed by atoms with Gasteiger partial charge in [-0.1, -0.05) is 25.1 Å². The summed E-state index contributed by atoms with van der Waals surface area (Å²) >= 11 is 0. The third-order valence-corrected chi connectivity index (χ3v) is 6.09. The minimum atomic E-state index is 0. The van der Waals surface area contributed by atoms with Crippen LogP contribution in [0.4, 0.5) is 5.69 Å². The molecule has 1 atom stereocenters. The Morgan fingerprint density at radius 2 is 1.81 bits per heavy atom. The lowest BCUT2D eigenvalue weighted by Gasteiger charge is -2.36. The van der Waals surface area contributed by atoms with Crippen molar-refractivity contribution in [3.05, 3.63) is 30.3 Å². The van der Waals surface area contributed by atoms with Crippen LogP contribution in [0.5, 0.6) is 0 Å². The highest BCUT2D eigenvalue weighted by Crippen LogP contribution is 2.17. The number of carbonyl (C=O) groups is 1. The number of hydrogen-bond donors (Lipinski definition) is 2. The Labute approximate surface area is 204 Å². The van der Waals surface area contributed by atoms with E-state index in [2.05, 4.69) is 58.5 Å². The van der Waals surface area contributed by atoms with Crippen molar-refractivity contribution in [1.29, 1.82) is 0 Å². The molecule has 0 bridgehead atoms. The molecule has 1 unspecified atom stereocenters. The SMILES string of the molecule is CCNC(=NCC1CCCN1CC)NCCC(=O)N1CCN(c2ccccc2)CC1.I. The molecule has 174 valence electrons. The van der Waals surface area contributed by atoms with E-state index in [1.54, 1.807) is 0 Å². The van der Waals surface area contributed by atoms with Gasteiger partial charge in [0.2, 0.25) is 5.91 Å². The second-order valence-corrected chi connectivity index (χ2v) is 8.02. The van der Waals surface area contributed by atoms with E-state index < -0.39 is 0 Å². The number of piperazine rings is 1. The first kappa shape index (κ1) is 25.7. The molecule has 0 aromatic heterocycles. The van der Waals surface area contributed by atoms with Crippen LogP contribution < -0.4 is 15.5 Å². The molecule has 2 N–H and O–H groups in total. The van der Waals surface area contributed by atoms with Gasteiger partial charge in [0.1, 0.15) is 0 Å². The van der Waals surface area contributed by atoms with E-state index in [9.17, 15) is 4.79 Å². The van der Waals surface area contributed by atoms with E-state index in [1.807, 2.05) is 11.0 Å². The Hall–Kier alpha value is -1.55. The number of nitrogens with zero attached hydrogens (tertiary/aromatic N) is 4. The number of halogens is 1. The number of aliphatic imine (C=N–C) groups is 1. The Kier molecular flexibility index (Phi) is 11.4. The van der Waals surface area contributed by atoms with Crippen molar-refractivity contribution < 1.29 is 4.79 Å². The average Bonchev–Trinajstić information content (AvgIpc) is 3.25. The van der Waals surface area contributed by atoms with Crippen LogP contribution in [-0.4, -0.2) is 86.6 Å². The van der Waals surface area contributed by atoms with Crippen molar-refractivity contribution in [1.82, 2.24) is 20.4 Å². The van der Waals surface area contributed by atoms with E-state index >= 15 is 0 Å². The maximum absolute atomic E-state index is 12.6. The number of benzene rings is 1. The molecule has 0 aliphatic carbocycles. The topological polar surface area (TPSA) is 63.2 Å². The maximum atomic E-state index is 12.6. The summed E-state index contributed by atoms with van der Waals surface area (Å²) < 4.78 is 0. The summed E-state index contributed by atoms with van der Waals surface area (Å²) in [7, 11) is 0. The highest BCUT2D eigenvalue weighted by atomic mass is 127. The standard InChI is InChI=1S/C23H38N6O.HI/c1-3-24-23(26-19-21-11-8-14-27(21)4-2)25-13-12-22(30)29-17-15-28(16-18-29)20-9-6-5-7-10-20;/h5-7,9-10,21H,3-4,8,11-19H2,1-2H3,(H2,24,25,26);1H. The van der Waals surface area contributed by atoms with Gasteiger partial charge >= 0.3 is 0 Å². The molecular formula is C23H39IN6O. The largest absolute Gasteiger partial charge is 0.368 e. The zero-order chi connectivity index (χ0) is 21.2. The molecule has 31 heavy (non-hydrogen) atoms. The van der Waals surface area contributed by atoms with Crippen molar-refractivity contribution in [2.75, 3.05) is 63.8 Å². The predicted molar refractivity (Wildman–Crippen MR) is 140 cm³/mol. The first-order chi connectivity index (χ1) is 14.7. The number of anilines is 1. The fraction of sp³-hybridized carbons (Fsp3) is 0.652. The zero-order valence-corrected chi connectivity index (χ0v) is 21.4. The number of rotatable bonds is 8. The fourth-order valence-corrected chi connectivity index (χ4v) is 4.36. The number of guanidine groups is 1. The minimum absolute atomic E-state index is 0. The summed E-state index contributed by atoms with van der Waals surface area (Å²) in [5.74, 6) is 1.04. The highest BCUT2D eigenvalue weighted by molar-refractivity contribution is 14.0. The highest BCUT2D eigenvalue weighted by Gasteiger charge is 2.23. The zero-order valence-electron chi connectivity index (χ0n) is 19.1. The van der Waals surface area contributed by atoms with Gasteiger partial charge in [0.15, 0.2) is 5.96 Å². The summed E-state index contributed by atoms with van der Waals surface area (Å²) in [5.41, 5.74) is 1.24. The number of nitrogens with one attached hydrogen (secondary N) is 2. The molecule has 3 rings (SSSR count). The normalized spacial score (nSPS) is 19.8. The third-order valence-electron chi connectivity index (χ3n) is 6.09. The minimum Gasteiger partial charge on any atom is -0.368 e. The van der Waals surface area contributed by atoms with Gasteiger partial charge in [0, 0.05) is 57.4 Å². The lowest BCUT2D eigenvalue weighted by Crippen LogP contribution is -2.49. The van der Waals surface area contributed by atoms with E-state index in [1.165, 1.54) is 25.1 Å². The molecule has 1 aromatic rings. The monoisotopic (exact) mass is 542 g/mol. The summed E-state index contributed by atoms with van der Waals surface area (Å²) in [6, 6.07) is 11.0. The van der Waals surface area contributed by atoms with Crippen molar-refractivity contribution in [2.45, 2.75) is 39.2 Å². The summed E-state index contributed by atoms with van der Waals surface area (Å²) in [6.07, 6.45) is 2.99. The quantitative estimate of drug-likeness (QED) is 0.300. The molecule has 0 spiro atoms. The number of carbonyl (C=O) groups excluding carboxylic acids is 1. The molecule has 1 amide bonds. The summed E-state index contributed by atoms with van der Waals surface area (Å²) in [4.78, 5) is 24.2. The molecule has 0 radical (unpaired) electrons. The van der Waals surface area contributed by atoms with Crippen molar-refractivity contribution in [3.63, 3.8) is 0 Å². The molecule has 2 heterocycles. The van der Waals surface area contributed by atoms with Crippen LogP contribution in [0.2, 0.25) is 0 Å². The van der Waals surface area contributed by atoms with E-state index in [0.29, 0.717) is 19.0 Å². The molecule has 2 saturated heterocycles. The molecule has 2 aliphatic rings. The molecule has 7 nitrogen and oxygen atoms in total. The predicted octanol–water partition coefficient (Wildman–Crippen LogP) is 2.38. The molecule has 0 saturated carbocycles. The number of para-hydroxylation sites is 1. The van der Waals surface area contributed by atoms with Gasteiger partial charge in [-0.25, -0.2) is 0 Å². The maximum Gasteiger partial charge on any atom is 0.224 e. The molecule has 2 aliphatic heterocycles. The Balaban J connectivity index is 0.00000341. The lowest BCUT2D eigenvalue weighted by atomic mass is 10.2. The first-order valence-corrected chi connectivity index (χ1v) is 11.5. The van der Waals surface area contributed by atoms with Crippen LogP contribution in [0.15, 0.2) is 35.3 Å². The Morgan fingerprint density at radius 3 is 2.48 bits per heavy atom. The van der Waals surface area contributed by atoms with Crippen LogP contribution in [0.1, 0.15) is 33.1 Å². The van der Waals surface area contributed by atoms with Crippen LogP contribution >= 0.6 is 24.0 Å². The van der Waals surface area contributed by atoms with Gasteiger partial charge in [-0.05, 0) is 45.0 Å². The smallest absolute Gasteiger partial charge is 0.224 e. The molecule has 2 fully saturated rings.